The van der Waals surface area contributed by atoms with Gasteiger partial charge in [0.15, 0.2) is 11.6 Å². The van der Waals surface area contributed by atoms with E-state index in [0.717, 1.165) is 0 Å². The van der Waals surface area contributed by atoms with Gasteiger partial charge in [0.2, 0.25) is 0 Å². The van der Waals surface area contributed by atoms with Crippen molar-refractivity contribution >= 4 is 0 Å². The summed E-state index contributed by atoms with van der Waals surface area (Å²) in [7, 11) is 0. The van der Waals surface area contributed by atoms with Crippen LogP contribution in [0.1, 0.15) is 22.3 Å². The quantitative estimate of drug-likeness (QED) is 0.268. The second kappa shape index (κ2) is 9.08. The summed E-state index contributed by atoms with van der Waals surface area (Å²) in [6.45, 7) is 0. The molecule has 0 fully saturated rings. The molecule has 0 saturated carbocycles. The van der Waals surface area contributed by atoms with Crippen LogP contribution in [-0.4, -0.2) is 0 Å². The maximum Gasteiger partial charge on any atom is 0.422 e. The van der Waals surface area contributed by atoms with Crippen molar-refractivity contribution < 1.29 is 70.2 Å². The van der Waals surface area contributed by atoms with E-state index in [0.29, 0.717) is 0 Å². The predicted octanol–water partition coefficient (Wildman–Crippen LogP) is 9.65. The van der Waals surface area contributed by atoms with Gasteiger partial charge >= 0.3 is 24.7 Å². The van der Waals surface area contributed by atoms with Crippen molar-refractivity contribution in [3.8, 4) is 22.3 Å². The second-order valence-corrected chi connectivity index (χ2v) is 7.51. The summed E-state index contributed by atoms with van der Waals surface area (Å²) in [5.41, 5.74) is -17.0. The topological polar surface area (TPSA) is 0 Å². The lowest BCUT2D eigenvalue weighted by Gasteiger charge is -2.23. The van der Waals surface area contributed by atoms with Crippen LogP contribution in [0.3, 0.4) is 0 Å². The molecule has 0 N–H and O–H groups in total. The van der Waals surface area contributed by atoms with E-state index >= 15 is 0 Å². The second-order valence-electron chi connectivity index (χ2n) is 7.51. The highest BCUT2D eigenvalue weighted by Gasteiger charge is 2.45. The van der Waals surface area contributed by atoms with Crippen LogP contribution in [0.4, 0.5) is 70.2 Å². The number of benzene rings is 3. The molecule has 0 aliphatic carbocycles. The van der Waals surface area contributed by atoms with Crippen molar-refractivity contribution in [2.45, 2.75) is 24.7 Å². The van der Waals surface area contributed by atoms with E-state index in [4.69, 9.17) is 0 Å². The molecule has 0 amide bonds. The first kappa shape index (κ1) is 29.1. The van der Waals surface area contributed by atoms with E-state index in [9.17, 15) is 70.2 Å². The highest BCUT2D eigenvalue weighted by atomic mass is 19.4. The molecule has 0 unspecified atom stereocenters. The Labute approximate surface area is 200 Å². The summed E-state index contributed by atoms with van der Waals surface area (Å²) in [6, 6.07) is -1.49. The minimum atomic E-state index is -6.01. The van der Waals surface area contributed by atoms with Crippen molar-refractivity contribution in [1.82, 2.24) is 0 Å². The third-order valence-electron chi connectivity index (χ3n) is 5.09. The Morgan fingerprint density at radius 1 is 0.421 bits per heavy atom. The lowest BCUT2D eigenvalue weighted by molar-refractivity contribution is -0.143. The summed E-state index contributed by atoms with van der Waals surface area (Å²) >= 11 is 0. The maximum atomic E-state index is 14.5. The summed E-state index contributed by atoms with van der Waals surface area (Å²) in [5, 5.41) is 0. The van der Waals surface area contributed by atoms with Gasteiger partial charge < -0.3 is 0 Å². The molecule has 0 nitrogen and oxygen atoms in total. The van der Waals surface area contributed by atoms with E-state index in [1.165, 1.54) is 0 Å². The van der Waals surface area contributed by atoms with Crippen LogP contribution in [0.2, 0.25) is 0 Å². The average Bonchev–Trinajstić information content (AvgIpc) is 2.70. The smallest absolute Gasteiger partial charge is 0.206 e. The highest BCUT2D eigenvalue weighted by Crippen LogP contribution is 2.50. The van der Waals surface area contributed by atoms with Crippen molar-refractivity contribution in [2.24, 2.45) is 0 Å². The molecule has 38 heavy (non-hydrogen) atoms. The van der Waals surface area contributed by atoms with Crippen LogP contribution in [-0.2, 0) is 24.7 Å². The summed E-state index contributed by atoms with van der Waals surface area (Å²) < 4.78 is 217. The zero-order chi connectivity index (χ0) is 29.2. The molecule has 0 aromatic heterocycles. The molecule has 16 heteroatoms. The fraction of sp³-hybridized carbons (Fsp3) is 0.182. The van der Waals surface area contributed by atoms with E-state index < -0.39 is 105 Å². The average molecular weight is 574 g/mol. The van der Waals surface area contributed by atoms with Crippen LogP contribution in [0.5, 0.6) is 0 Å². The number of hydrogen-bond acceptors (Lipinski definition) is 0. The SMILES string of the molecule is Fc1cc(-c2c(C(F)(F)F)ccc(-c3ccc(C(F)(F)F)c(F)c3F)c2C(F)(F)F)cc(F)c1C(F)(F)F. The molecule has 0 aliphatic rings. The van der Waals surface area contributed by atoms with Gasteiger partial charge in [-0.3, -0.25) is 0 Å². The number of rotatable bonds is 2. The Hall–Kier alpha value is -3.46. The van der Waals surface area contributed by atoms with Crippen LogP contribution in [0.25, 0.3) is 22.3 Å². The Balaban J connectivity index is 2.52. The van der Waals surface area contributed by atoms with Gasteiger partial charge in [0, 0.05) is 11.1 Å². The van der Waals surface area contributed by atoms with Gasteiger partial charge in [0.25, 0.3) is 0 Å². The van der Waals surface area contributed by atoms with Gasteiger partial charge in [0.05, 0.1) is 16.7 Å². The van der Waals surface area contributed by atoms with E-state index in [1.807, 2.05) is 0 Å². The molecule has 206 valence electrons. The molecule has 3 aromatic rings. The summed E-state index contributed by atoms with van der Waals surface area (Å²) in [6.07, 6.45) is -23.0. The normalized spacial score (nSPS) is 13.3. The van der Waals surface area contributed by atoms with Crippen molar-refractivity contribution in [1.29, 1.82) is 0 Å². The van der Waals surface area contributed by atoms with Crippen molar-refractivity contribution in [3.05, 3.63) is 81.9 Å². The largest absolute Gasteiger partial charge is 0.422 e. The van der Waals surface area contributed by atoms with Crippen LogP contribution < -0.4 is 0 Å². The predicted molar refractivity (Wildman–Crippen MR) is 97.2 cm³/mol. The number of alkyl halides is 12. The Bertz CT molecular complexity index is 1360. The van der Waals surface area contributed by atoms with Gasteiger partial charge in [0.1, 0.15) is 17.2 Å². The molecule has 3 aromatic carbocycles. The zero-order valence-electron chi connectivity index (χ0n) is 17.5. The Morgan fingerprint density at radius 2 is 0.842 bits per heavy atom. The molecule has 3 rings (SSSR count). The highest BCUT2D eigenvalue weighted by molar-refractivity contribution is 5.83. The number of hydrogen-bond donors (Lipinski definition) is 0. The molecule has 0 saturated heterocycles. The number of halogens is 16. The minimum absolute atomic E-state index is 0.0310. The molecule has 0 bridgehead atoms. The van der Waals surface area contributed by atoms with Gasteiger partial charge in [-0.05, 0) is 35.4 Å². The fourth-order valence-electron chi connectivity index (χ4n) is 3.62. The van der Waals surface area contributed by atoms with E-state index in [-0.39, 0.29) is 24.3 Å². The first-order valence-electron chi connectivity index (χ1n) is 9.50. The molecule has 0 heterocycles. The molecule has 0 aliphatic heterocycles. The zero-order valence-corrected chi connectivity index (χ0v) is 17.5. The molecule has 0 spiro atoms. The van der Waals surface area contributed by atoms with Crippen molar-refractivity contribution in [3.63, 3.8) is 0 Å². The first-order valence-corrected chi connectivity index (χ1v) is 9.50. The maximum absolute atomic E-state index is 14.5. The fourth-order valence-corrected chi connectivity index (χ4v) is 3.62. The van der Waals surface area contributed by atoms with Crippen LogP contribution in [0, 0.1) is 23.3 Å². The molecular formula is C22H6F16. The van der Waals surface area contributed by atoms with Crippen LogP contribution in [0.15, 0.2) is 36.4 Å². The first-order chi connectivity index (χ1) is 17.1. The monoisotopic (exact) mass is 574 g/mol. The molecule has 0 atom stereocenters. The van der Waals surface area contributed by atoms with Crippen molar-refractivity contribution in [2.75, 3.05) is 0 Å². The van der Waals surface area contributed by atoms with Crippen LogP contribution >= 0.6 is 0 Å². The lowest BCUT2D eigenvalue weighted by atomic mass is 9.86. The minimum Gasteiger partial charge on any atom is -0.206 e. The molecular weight excluding hydrogens is 568 g/mol. The van der Waals surface area contributed by atoms with E-state index in [1.54, 1.807) is 0 Å². The Morgan fingerprint density at radius 3 is 1.26 bits per heavy atom. The molecule has 0 radical (unpaired) electrons. The van der Waals surface area contributed by atoms with Gasteiger partial charge in [-0.2, -0.15) is 52.7 Å². The third-order valence-corrected chi connectivity index (χ3v) is 5.09. The summed E-state index contributed by atoms with van der Waals surface area (Å²) in [4.78, 5) is 0. The lowest BCUT2D eigenvalue weighted by Crippen LogP contribution is -2.17. The standard InChI is InChI=1S/C22H6F16/c23-12-5-7(6-13(24)16(12)22(36,37)38)14-10(19(27,28)29)3-1-8(15(14)21(33,34)35)9-2-4-11(20(30,31)32)18(26)17(9)25/h1-6H. The third kappa shape index (κ3) is 5.25. The summed E-state index contributed by atoms with van der Waals surface area (Å²) in [5.74, 6) is -10.5. The van der Waals surface area contributed by atoms with Gasteiger partial charge in [-0.15, -0.1) is 0 Å². The Kier molecular flexibility index (Phi) is 6.95. The van der Waals surface area contributed by atoms with E-state index in [2.05, 4.69) is 0 Å². The van der Waals surface area contributed by atoms with Gasteiger partial charge in [-0.1, -0.05) is 12.1 Å². The van der Waals surface area contributed by atoms with Gasteiger partial charge in [-0.25, -0.2) is 17.6 Å².